The molecule has 2 fully saturated rings. The zero-order valence-corrected chi connectivity index (χ0v) is 15.7. The number of aryl methyl sites for hydroxylation is 2. The lowest BCUT2D eigenvalue weighted by atomic mass is 9.93. The highest BCUT2D eigenvalue weighted by molar-refractivity contribution is 5.81. The van der Waals surface area contributed by atoms with Gasteiger partial charge in [-0.2, -0.15) is 5.10 Å². The van der Waals surface area contributed by atoms with E-state index < -0.39 is 0 Å². The number of rotatable bonds is 6. The average molecular weight is 352 g/mol. The van der Waals surface area contributed by atoms with E-state index in [1.54, 1.807) is 0 Å². The van der Waals surface area contributed by atoms with Crippen LogP contribution in [0.3, 0.4) is 0 Å². The van der Waals surface area contributed by atoms with Gasteiger partial charge in [0.1, 0.15) is 0 Å². The summed E-state index contributed by atoms with van der Waals surface area (Å²) in [5.74, 6) is 0.845. The van der Waals surface area contributed by atoms with E-state index in [4.69, 9.17) is 0 Å². The smallest absolute Gasteiger partial charge is 0.223 e. The standard InChI is InChI=1S/C21H28N4O/c1-3-25-12-16(10-22-25)11-24-13-19(17-6-4-15(2)5-7-17)20(14-24)23-21(26)18-8-9-18/h4-7,10,12,18-20H,3,8-9,11,13-14H2,1-2H3,(H,23,26)/t19-,20+/m0/s1. The molecule has 1 aromatic carbocycles. The molecule has 4 rings (SSSR count). The number of likely N-dealkylation sites (tertiary alicyclic amines) is 1. The molecule has 2 heterocycles. The third-order valence-corrected chi connectivity index (χ3v) is 5.59. The number of hydrogen-bond acceptors (Lipinski definition) is 3. The van der Waals surface area contributed by atoms with Gasteiger partial charge in [0, 0.05) is 55.8 Å². The van der Waals surface area contributed by atoms with Crippen molar-refractivity contribution in [3.63, 3.8) is 0 Å². The largest absolute Gasteiger partial charge is 0.351 e. The van der Waals surface area contributed by atoms with E-state index in [-0.39, 0.29) is 17.9 Å². The Labute approximate surface area is 155 Å². The van der Waals surface area contributed by atoms with Gasteiger partial charge in [-0.15, -0.1) is 0 Å². The van der Waals surface area contributed by atoms with Gasteiger partial charge in [-0.05, 0) is 32.3 Å². The van der Waals surface area contributed by atoms with Crippen molar-refractivity contribution in [2.45, 2.75) is 51.7 Å². The molecule has 1 saturated heterocycles. The Bertz CT molecular complexity index is 763. The lowest BCUT2D eigenvalue weighted by Crippen LogP contribution is -2.40. The molecule has 1 amide bonds. The molecule has 1 aromatic heterocycles. The maximum Gasteiger partial charge on any atom is 0.223 e. The van der Waals surface area contributed by atoms with Crippen molar-refractivity contribution in [2.75, 3.05) is 13.1 Å². The molecule has 5 heteroatoms. The van der Waals surface area contributed by atoms with Crippen LogP contribution in [-0.2, 0) is 17.9 Å². The van der Waals surface area contributed by atoms with Crippen LogP contribution >= 0.6 is 0 Å². The Kier molecular flexibility index (Phi) is 4.81. The SMILES string of the molecule is CCn1cc(CN2C[C@@H](NC(=O)C3CC3)[C@H](c3ccc(C)cc3)C2)cn1. The van der Waals surface area contributed by atoms with E-state index in [1.807, 2.05) is 10.9 Å². The molecule has 2 aromatic rings. The van der Waals surface area contributed by atoms with Gasteiger partial charge in [-0.1, -0.05) is 29.8 Å². The molecule has 2 aliphatic rings. The second-order valence-corrected chi connectivity index (χ2v) is 7.80. The first-order chi connectivity index (χ1) is 12.6. The Morgan fingerprint density at radius 1 is 1.23 bits per heavy atom. The highest BCUT2D eigenvalue weighted by atomic mass is 16.2. The molecule has 26 heavy (non-hydrogen) atoms. The first-order valence-corrected chi connectivity index (χ1v) is 9.73. The Morgan fingerprint density at radius 2 is 2.00 bits per heavy atom. The lowest BCUT2D eigenvalue weighted by Gasteiger charge is -2.20. The van der Waals surface area contributed by atoms with Crippen LogP contribution in [0.1, 0.15) is 42.4 Å². The minimum atomic E-state index is 0.187. The molecule has 1 aliphatic carbocycles. The van der Waals surface area contributed by atoms with Crippen LogP contribution in [0.15, 0.2) is 36.7 Å². The van der Waals surface area contributed by atoms with E-state index >= 15 is 0 Å². The average Bonchev–Trinajstić information content (AvgIpc) is 3.28. The molecule has 0 spiro atoms. The fourth-order valence-corrected chi connectivity index (χ4v) is 3.88. The normalized spacial score (nSPS) is 23.3. The fourth-order valence-electron chi connectivity index (χ4n) is 3.88. The van der Waals surface area contributed by atoms with Crippen LogP contribution in [0.5, 0.6) is 0 Å². The van der Waals surface area contributed by atoms with Gasteiger partial charge >= 0.3 is 0 Å². The molecule has 1 aliphatic heterocycles. The predicted molar refractivity (Wildman–Crippen MR) is 102 cm³/mol. The number of nitrogens with zero attached hydrogens (tertiary/aromatic N) is 3. The zero-order valence-electron chi connectivity index (χ0n) is 15.7. The Morgan fingerprint density at radius 3 is 2.65 bits per heavy atom. The van der Waals surface area contributed by atoms with Crippen LogP contribution in [0.2, 0.25) is 0 Å². The second kappa shape index (κ2) is 7.23. The summed E-state index contributed by atoms with van der Waals surface area (Å²) in [5, 5.41) is 7.72. The number of aromatic nitrogens is 2. The van der Waals surface area contributed by atoms with E-state index in [1.165, 1.54) is 16.7 Å². The molecule has 138 valence electrons. The summed E-state index contributed by atoms with van der Waals surface area (Å²) in [5.41, 5.74) is 3.83. The van der Waals surface area contributed by atoms with Crippen LogP contribution in [-0.4, -0.2) is 39.7 Å². The summed E-state index contributed by atoms with van der Waals surface area (Å²) < 4.78 is 1.97. The van der Waals surface area contributed by atoms with Gasteiger partial charge in [0.05, 0.1) is 6.20 Å². The molecule has 0 bridgehead atoms. The van der Waals surface area contributed by atoms with Crippen molar-refractivity contribution in [1.82, 2.24) is 20.0 Å². The summed E-state index contributed by atoms with van der Waals surface area (Å²) in [6, 6.07) is 8.96. The highest BCUT2D eigenvalue weighted by Gasteiger charge is 2.38. The number of hydrogen-bond donors (Lipinski definition) is 1. The number of carbonyl (C=O) groups is 1. The minimum Gasteiger partial charge on any atom is -0.351 e. The first-order valence-electron chi connectivity index (χ1n) is 9.73. The quantitative estimate of drug-likeness (QED) is 0.870. The molecule has 1 N–H and O–H groups in total. The molecule has 0 radical (unpaired) electrons. The Balaban J connectivity index is 1.49. The third kappa shape index (κ3) is 3.83. The van der Waals surface area contributed by atoms with Crippen molar-refractivity contribution < 1.29 is 4.79 Å². The van der Waals surface area contributed by atoms with E-state index in [0.717, 1.165) is 39.0 Å². The number of benzene rings is 1. The highest BCUT2D eigenvalue weighted by Crippen LogP contribution is 2.32. The van der Waals surface area contributed by atoms with Gasteiger partial charge in [0.25, 0.3) is 0 Å². The van der Waals surface area contributed by atoms with Crippen molar-refractivity contribution in [3.8, 4) is 0 Å². The van der Waals surface area contributed by atoms with Crippen molar-refractivity contribution in [3.05, 3.63) is 53.3 Å². The summed E-state index contributed by atoms with van der Waals surface area (Å²) in [6.45, 7) is 7.86. The number of nitrogens with one attached hydrogen (secondary N) is 1. The third-order valence-electron chi connectivity index (χ3n) is 5.59. The predicted octanol–water partition coefficient (Wildman–Crippen LogP) is 2.71. The van der Waals surface area contributed by atoms with Gasteiger partial charge in [-0.3, -0.25) is 14.4 Å². The summed E-state index contributed by atoms with van der Waals surface area (Å²) in [6.07, 6.45) is 6.18. The van der Waals surface area contributed by atoms with Crippen LogP contribution in [0.4, 0.5) is 0 Å². The van der Waals surface area contributed by atoms with E-state index in [9.17, 15) is 4.79 Å². The van der Waals surface area contributed by atoms with E-state index in [2.05, 4.69) is 59.6 Å². The number of carbonyl (C=O) groups excluding carboxylic acids is 1. The van der Waals surface area contributed by atoms with Crippen LogP contribution in [0, 0.1) is 12.8 Å². The summed E-state index contributed by atoms with van der Waals surface area (Å²) in [7, 11) is 0. The number of amides is 1. The second-order valence-electron chi connectivity index (χ2n) is 7.80. The topological polar surface area (TPSA) is 50.2 Å². The fraction of sp³-hybridized carbons (Fsp3) is 0.524. The molecular weight excluding hydrogens is 324 g/mol. The van der Waals surface area contributed by atoms with Gasteiger partial charge in [0.2, 0.25) is 5.91 Å². The lowest BCUT2D eigenvalue weighted by molar-refractivity contribution is -0.123. The van der Waals surface area contributed by atoms with Gasteiger partial charge in [-0.25, -0.2) is 0 Å². The van der Waals surface area contributed by atoms with Gasteiger partial charge < -0.3 is 5.32 Å². The monoisotopic (exact) mass is 352 g/mol. The maximum atomic E-state index is 12.4. The van der Waals surface area contributed by atoms with Crippen molar-refractivity contribution in [2.24, 2.45) is 5.92 Å². The molecule has 5 nitrogen and oxygen atoms in total. The molecular formula is C21H28N4O. The molecule has 2 atom stereocenters. The maximum absolute atomic E-state index is 12.4. The molecule has 1 saturated carbocycles. The molecule has 0 unspecified atom stereocenters. The van der Waals surface area contributed by atoms with Crippen LogP contribution in [0.25, 0.3) is 0 Å². The van der Waals surface area contributed by atoms with Gasteiger partial charge in [0.15, 0.2) is 0 Å². The van der Waals surface area contributed by atoms with E-state index in [0.29, 0.717) is 5.92 Å². The Hall–Kier alpha value is -2.14. The minimum absolute atomic E-state index is 0.187. The van der Waals surface area contributed by atoms with Crippen molar-refractivity contribution >= 4 is 5.91 Å². The summed E-state index contributed by atoms with van der Waals surface area (Å²) >= 11 is 0. The summed E-state index contributed by atoms with van der Waals surface area (Å²) in [4.78, 5) is 14.8. The van der Waals surface area contributed by atoms with Crippen molar-refractivity contribution in [1.29, 1.82) is 0 Å². The first kappa shape index (κ1) is 17.3. The zero-order chi connectivity index (χ0) is 18.1. The van der Waals surface area contributed by atoms with Crippen LogP contribution < -0.4 is 5.32 Å².